The predicted octanol–water partition coefficient (Wildman–Crippen LogP) is 4.95. The van der Waals surface area contributed by atoms with Gasteiger partial charge in [0.05, 0.1) is 10.0 Å². The van der Waals surface area contributed by atoms with Crippen LogP contribution in [0.25, 0.3) is 0 Å². The van der Waals surface area contributed by atoms with Crippen molar-refractivity contribution in [3.05, 3.63) is 50.0 Å². The second-order valence-corrected chi connectivity index (χ2v) is 5.58. The van der Waals surface area contributed by atoms with Gasteiger partial charge in [0.15, 0.2) is 0 Å². The van der Waals surface area contributed by atoms with E-state index in [0.29, 0.717) is 20.1 Å². The highest BCUT2D eigenvalue weighted by Gasteiger charge is 2.18. The Balaban J connectivity index is 2.48. The highest BCUT2D eigenvalue weighted by atomic mass is 79.9. The summed E-state index contributed by atoms with van der Waals surface area (Å²) in [5.41, 5.74) is 0.532. The van der Waals surface area contributed by atoms with Gasteiger partial charge < -0.3 is 9.84 Å². The van der Waals surface area contributed by atoms with Crippen molar-refractivity contribution >= 4 is 45.1 Å². The van der Waals surface area contributed by atoms with Gasteiger partial charge in [0.2, 0.25) is 5.88 Å². The van der Waals surface area contributed by atoms with Crippen molar-refractivity contribution in [1.82, 2.24) is 4.98 Å². The SMILES string of the molecule is Cc1ccnc(Oc2cc(Cl)c(Br)cc2Cl)c1C(=O)O. The first kappa shape index (κ1) is 15.1. The second kappa shape index (κ2) is 5.99. The van der Waals surface area contributed by atoms with Gasteiger partial charge in [-0.3, -0.25) is 0 Å². The third kappa shape index (κ3) is 3.06. The summed E-state index contributed by atoms with van der Waals surface area (Å²) in [4.78, 5) is 15.2. The molecule has 1 N–H and O–H groups in total. The molecule has 0 spiro atoms. The minimum absolute atomic E-state index is 0.0115. The van der Waals surface area contributed by atoms with E-state index in [1.807, 2.05) is 0 Å². The number of aryl methyl sites for hydroxylation is 1. The van der Waals surface area contributed by atoms with E-state index in [2.05, 4.69) is 20.9 Å². The molecule has 1 aromatic heterocycles. The molecule has 20 heavy (non-hydrogen) atoms. The Hall–Kier alpha value is -1.30. The molecule has 1 heterocycles. The van der Waals surface area contributed by atoms with E-state index in [1.54, 1.807) is 19.1 Å². The van der Waals surface area contributed by atoms with Crippen LogP contribution in [0, 0.1) is 6.92 Å². The van der Waals surface area contributed by atoms with Crippen LogP contribution < -0.4 is 4.74 Å². The lowest BCUT2D eigenvalue weighted by atomic mass is 10.1. The molecule has 4 nitrogen and oxygen atoms in total. The van der Waals surface area contributed by atoms with E-state index in [1.165, 1.54) is 12.3 Å². The maximum atomic E-state index is 11.3. The molecule has 0 aliphatic heterocycles. The Morgan fingerprint density at radius 2 is 2.05 bits per heavy atom. The zero-order valence-corrected chi connectivity index (χ0v) is 13.3. The normalized spacial score (nSPS) is 10.4. The zero-order chi connectivity index (χ0) is 14.9. The average molecular weight is 377 g/mol. The number of hydrogen-bond acceptors (Lipinski definition) is 3. The van der Waals surface area contributed by atoms with Gasteiger partial charge >= 0.3 is 5.97 Å². The molecule has 0 radical (unpaired) electrons. The molecule has 2 aromatic rings. The molecule has 0 atom stereocenters. The lowest BCUT2D eigenvalue weighted by Gasteiger charge is -2.11. The molecule has 0 bridgehead atoms. The first-order valence-corrected chi connectivity index (χ1v) is 6.96. The summed E-state index contributed by atoms with van der Waals surface area (Å²) in [6, 6.07) is 4.64. The highest BCUT2D eigenvalue weighted by Crippen LogP contribution is 2.37. The quantitative estimate of drug-likeness (QED) is 0.770. The molecule has 0 fully saturated rings. The van der Waals surface area contributed by atoms with Crippen LogP contribution in [0.15, 0.2) is 28.9 Å². The van der Waals surface area contributed by atoms with E-state index in [9.17, 15) is 9.90 Å². The molecule has 7 heteroatoms. The largest absolute Gasteiger partial charge is 0.477 e. The first-order chi connectivity index (χ1) is 9.40. The number of aromatic nitrogens is 1. The summed E-state index contributed by atoms with van der Waals surface area (Å²) in [5, 5.41) is 9.90. The topological polar surface area (TPSA) is 59.4 Å². The van der Waals surface area contributed by atoms with Gasteiger partial charge in [0, 0.05) is 16.7 Å². The number of carbonyl (C=O) groups is 1. The Labute approximate surface area is 133 Å². The van der Waals surface area contributed by atoms with Crippen molar-refractivity contribution in [2.75, 3.05) is 0 Å². The van der Waals surface area contributed by atoms with Crippen molar-refractivity contribution in [2.45, 2.75) is 6.92 Å². The van der Waals surface area contributed by atoms with E-state index >= 15 is 0 Å². The van der Waals surface area contributed by atoms with Crippen LogP contribution in [0.4, 0.5) is 0 Å². The molecular formula is C13H8BrCl2NO3. The van der Waals surface area contributed by atoms with Crippen LogP contribution in [0.1, 0.15) is 15.9 Å². The molecule has 0 saturated heterocycles. The van der Waals surface area contributed by atoms with Crippen molar-refractivity contribution in [3.8, 4) is 11.6 Å². The number of hydrogen-bond donors (Lipinski definition) is 1. The van der Waals surface area contributed by atoms with Gasteiger partial charge in [-0.25, -0.2) is 9.78 Å². The lowest BCUT2D eigenvalue weighted by molar-refractivity contribution is 0.0692. The van der Waals surface area contributed by atoms with Crippen LogP contribution in [-0.4, -0.2) is 16.1 Å². The van der Waals surface area contributed by atoms with Crippen molar-refractivity contribution in [1.29, 1.82) is 0 Å². The van der Waals surface area contributed by atoms with Gasteiger partial charge in [-0.2, -0.15) is 0 Å². The highest BCUT2D eigenvalue weighted by molar-refractivity contribution is 9.10. The molecule has 0 unspecified atom stereocenters. The van der Waals surface area contributed by atoms with Gasteiger partial charge in [-0.15, -0.1) is 0 Å². The molecular weight excluding hydrogens is 369 g/mol. The van der Waals surface area contributed by atoms with E-state index < -0.39 is 5.97 Å². The minimum atomic E-state index is -1.12. The van der Waals surface area contributed by atoms with Gasteiger partial charge in [0.1, 0.15) is 11.3 Å². The smallest absolute Gasteiger partial charge is 0.341 e. The van der Waals surface area contributed by atoms with Gasteiger partial charge in [0.25, 0.3) is 0 Å². The summed E-state index contributed by atoms with van der Waals surface area (Å²) < 4.78 is 6.11. The standard InChI is InChI=1S/C13H8BrCl2NO3/c1-6-2-3-17-12(11(6)13(18)19)20-10-5-8(15)7(14)4-9(10)16/h2-5H,1H3,(H,18,19). The number of halogens is 3. The number of benzene rings is 1. The maximum Gasteiger partial charge on any atom is 0.341 e. The molecule has 0 amide bonds. The number of ether oxygens (including phenoxy) is 1. The third-order valence-corrected chi connectivity index (χ3v) is 4.01. The summed E-state index contributed by atoms with van der Waals surface area (Å²) in [5.74, 6) is -0.914. The third-order valence-electron chi connectivity index (χ3n) is 2.52. The molecule has 0 saturated carbocycles. The fourth-order valence-corrected chi connectivity index (χ4v) is 2.39. The fourth-order valence-electron chi connectivity index (χ4n) is 1.56. The molecule has 1 aromatic carbocycles. The Kier molecular flexibility index (Phi) is 4.52. The number of pyridine rings is 1. The van der Waals surface area contributed by atoms with Crippen LogP contribution in [0.2, 0.25) is 10.0 Å². The van der Waals surface area contributed by atoms with Crippen molar-refractivity contribution in [3.63, 3.8) is 0 Å². The second-order valence-electron chi connectivity index (χ2n) is 3.91. The van der Waals surface area contributed by atoms with E-state index in [0.717, 1.165) is 0 Å². The molecule has 104 valence electrons. The summed E-state index contributed by atoms with van der Waals surface area (Å²) in [6.07, 6.45) is 1.46. The van der Waals surface area contributed by atoms with E-state index in [-0.39, 0.29) is 17.2 Å². The van der Waals surface area contributed by atoms with Crippen LogP contribution >= 0.6 is 39.1 Å². The maximum absolute atomic E-state index is 11.3. The first-order valence-electron chi connectivity index (χ1n) is 5.41. The number of rotatable bonds is 3. The van der Waals surface area contributed by atoms with Crippen molar-refractivity contribution < 1.29 is 14.6 Å². The van der Waals surface area contributed by atoms with Gasteiger partial charge in [-0.05, 0) is 40.5 Å². The van der Waals surface area contributed by atoms with Crippen molar-refractivity contribution in [2.24, 2.45) is 0 Å². The molecule has 2 rings (SSSR count). The Morgan fingerprint density at radius 3 is 2.70 bits per heavy atom. The lowest BCUT2D eigenvalue weighted by Crippen LogP contribution is -2.04. The van der Waals surface area contributed by atoms with Crippen LogP contribution in [0.3, 0.4) is 0 Å². The predicted molar refractivity (Wildman–Crippen MR) is 80.2 cm³/mol. The van der Waals surface area contributed by atoms with Crippen LogP contribution in [0.5, 0.6) is 11.6 Å². The summed E-state index contributed by atoms with van der Waals surface area (Å²) in [6.45, 7) is 1.66. The minimum Gasteiger partial charge on any atom is -0.477 e. The number of carboxylic acid groups (broad SMARTS) is 1. The monoisotopic (exact) mass is 375 g/mol. The Morgan fingerprint density at radius 1 is 1.35 bits per heavy atom. The van der Waals surface area contributed by atoms with Crippen LogP contribution in [-0.2, 0) is 0 Å². The zero-order valence-electron chi connectivity index (χ0n) is 10.2. The summed E-state index contributed by atoms with van der Waals surface area (Å²) in [7, 11) is 0. The fraction of sp³-hybridized carbons (Fsp3) is 0.0769. The average Bonchev–Trinajstić information content (AvgIpc) is 2.35. The summed E-state index contributed by atoms with van der Waals surface area (Å²) >= 11 is 15.2. The Bertz CT molecular complexity index is 692. The number of nitrogens with zero attached hydrogens (tertiary/aromatic N) is 1. The molecule has 0 aliphatic rings. The molecule has 0 aliphatic carbocycles. The number of carboxylic acids is 1. The van der Waals surface area contributed by atoms with Gasteiger partial charge in [-0.1, -0.05) is 23.2 Å². The van der Waals surface area contributed by atoms with E-state index in [4.69, 9.17) is 27.9 Å². The number of aromatic carboxylic acids is 1.